The number of aromatic nitrogens is 2. The number of nitrogens with one attached hydrogen (secondary N) is 1. The van der Waals surface area contributed by atoms with Gasteiger partial charge in [0, 0.05) is 19.3 Å². The van der Waals surface area contributed by atoms with E-state index in [1.54, 1.807) is 13.0 Å². The van der Waals surface area contributed by atoms with Gasteiger partial charge in [-0.05, 0) is 18.6 Å². The maximum atomic E-state index is 12.2. The van der Waals surface area contributed by atoms with E-state index in [0.717, 1.165) is 5.56 Å². The van der Waals surface area contributed by atoms with Crippen LogP contribution < -0.4 is 4.72 Å². The van der Waals surface area contributed by atoms with Crippen LogP contribution in [0.5, 0.6) is 0 Å². The maximum Gasteiger partial charge on any atom is 0.304 e. The van der Waals surface area contributed by atoms with Crippen molar-refractivity contribution in [1.82, 2.24) is 14.3 Å². The summed E-state index contributed by atoms with van der Waals surface area (Å²) in [7, 11) is -2.27. The van der Waals surface area contributed by atoms with Crippen molar-refractivity contribution in [3.63, 3.8) is 0 Å². The molecule has 0 atom stereocenters. The Morgan fingerprint density at radius 1 is 1.24 bits per heavy atom. The largest absolute Gasteiger partial charge is 0.304 e. The Balaban J connectivity index is 2.14. The highest BCUT2D eigenvalue weighted by Crippen LogP contribution is 2.13. The van der Waals surface area contributed by atoms with Crippen LogP contribution >= 0.6 is 11.6 Å². The van der Waals surface area contributed by atoms with E-state index in [1.807, 2.05) is 30.3 Å². The molecule has 1 aromatic carbocycles. The van der Waals surface area contributed by atoms with Gasteiger partial charge < -0.3 is 0 Å². The van der Waals surface area contributed by atoms with Crippen LogP contribution in [0.25, 0.3) is 0 Å². The van der Waals surface area contributed by atoms with E-state index in [1.165, 1.54) is 11.4 Å². The monoisotopic (exact) mass is 326 g/mol. The molecule has 0 bridgehead atoms. The van der Waals surface area contributed by atoms with E-state index in [-0.39, 0.29) is 17.6 Å². The third kappa shape index (κ3) is 4.38. The number of hydrogen-bond donors (Lipinski definition) is 1. The second kappa shape index (κ2) is 6.38. The number of aryl methyl sites for hydroxylation is 1. The Morgan fingerprint density at radius 2 is 1.90 bits per heavy atom. The zero-order valence-electron chi connectivity index (χ0n) is 11.6. The van der Waals surface area contributed by atoms with Crippen molar-refractivity contribution in [2.75, 3.05) is 11.8 Å². The Morgan fingerprint density at radius 3 is 2.52 bits per heavy atom. The van der Waals surface area contributed by atoms with Crippen LogP contribution in [0.1, 0.15) is 11.3 Å². The lowest BCUT2D eigenvalue weighted by molar-refractivity contribution is 0.471. The summed E-state index contributed by atoms with van der Waals surface area (Å²) in [6.07, 6.45) is 0. The summed E-state index contributed by atoms with van der Waals surface area (Å²) < 4.78 is 27.9. The normalized spacial score (nSPS) is 11.6. The summed E-state index contributed by atoms with van der Waals surface area (Å²) in [6, 6.07) is 10.8. The average Bonchev–Trinajstić information content (AvgIpc) is 2.37. The van der Waals surface area contributed by atoms with Gasteiger partial charge in [0.25, 0.3) is 0 Å². The molecule has 0 unspecified atom stereocenters. The summed E-state index contributed by atoms with van der Waals surface area (Å²) in [4.78, 5) is 7.84. The zero-order chi connectivity index (χ0) is 15.5. The minimum Gasteiger partial charge on any atom is -0.238 e. The predicted octanol–water partition coefficient (Wildman–Crippen LogP) is 2.23. The molecule has 0 aliphatic carbocycles. The number of benzene rings is 1. The third-order valence-electron chi connectivity index (χ3n) is 2.70. The molecule has 2 rings (SSSR count). The molecular weight excluding hydrogens is 312 g/mol. The molecule has 0 fully saturated rings. The molecule has 0 spiro atoms. The molecule has 6 nitrogen and oxygen atoms in total. The third-order valence-corrected chi connectivity index (χ3v) is 4.29. The minimum atomic E-state index is -3.75. The first-order valence-corrected chi connectivity index (χ1v) is 7.98. The molecule has 1 aromatic heterocycles. The fourth-order valence-corrected chi connectivity index (χ4v) is 2.73. The fraction of sp³-hybridized carbons (Fsp3) is 0.231. The van der Waals surface area contributed by atoms with E-state index in [4.69, 9.17) is 11.6 Å². The summed E-state index contributed by atoms with van der Waals surface area (Å²) in [5.74, 6) is -0.0417. The molecule has 1 N–H and O–H groups in total. The standard InChI is InChI=1S/C13H15ClN4O2S/c1-10-8-12(14)16-13(15-10)17-21(19,20)18(2)9-11-6-4-3-5-7-11/h3-8H,9H2,1-2H3,(H,15,16,17). The second-order valence-electron chi connectivity index (χ2n) is 4.50. The molecule has 0 aliphatic rings. The van der Waals surface area contributed by atoms with Gasteiger partial charge in [-0.3, -0.25) is 0 Å². The summed E-state index contributed by atoms with van der Waals surface area (Å²) in [6.45, 7) is 1.95. The predicted molar refractivity (Wildman–Crippen MR) is 82.2 cm³/mol. The maximum absolute atomic E-state index is 12.2. The number of nitrogens with zero attached hydrogens (tertiary/aromatic N) is 3. The molecule has 21 heavy (non-hydrogen) atoms. The summed E-state index contributed by atoms with van der Waals surface area (Å²) in [5, 5.41) is 0.186. The molecule has 0 amide bonds. The lowest BCUT2D eigenvalue weighted by Gasteiger charge is -2.17. The van der Waals surface area contributed by atoms with Gasteiger partial charge in [0.2, 0.25) is 5.95 Å². The number of halogens is 1. The molecule has 0 saturated carbocycles. The molecule has 2 aromatic rings. The summed E-state index contributed by atoms with van der Waals surface area (Å²) >= 11 is 5.79. The number of hydrogen-bond acceptors (Lipinski definition) is 4. The highest BCUT2D eigenvalue weighted by Gasteiger charge is 2.19. The first-order chi connectivity index (χ1) is 9.87. The van der Waals surface area contributed by atoms with Crippen molar-refractivity contribution in [3.05, 3.63) is 52.8 Å². The lowest BCUT2D eigenvalue weighted by Crippen LogP contribution is -2.32. The van der Waals surface area contributed by atoms with Crippen molar-refractivity contribution in [3.8, 4) is 0 Å². The van der Waals surface area contributed by atoms with Crippen molar-refractivity contribution in [2.45, 2.75) is 13.5 Å². The van der Waals surface area contributed by atoms with Crippen LogP contribution in [0.3, 0.4) is 0 Å². The molecule has 0 radical (unpaired) electrons. The lowest BCUT2D eigenvalue weighted by atomic mass is 10.2. The van der Waals surface area contributed by atoms with E-state index < -0.39 is 10.2 Å². The van der Waals surface area contributed by atoms with Crippen molar-refractivity contribution >= 4 is 27.8 Å². The quantitative estimate of drug-likeness (QED) is 0.855. The molecule has 112 valence electrons. The van der Waals surface area contributed by atoms with Crippen molar-refractivity contribution < 1.29 is 8.42 Å². The molecule has 0 saturated heterocycles. The highest BCUT2D eigenvalue weighted by atomic mass is 35.5. The van der Waals surface area contributed by atoms with Gasteiger partial charge >= 0.3 is 10.2 Å². The molecule has 0 aliphatic heterocycles. The first-order valence-electron chi connectivity index (χ1n) is 6.16. The zero-order valence-corrected chi connectivity index (χ0v) is 13.2. The average molecular weight is 327 g/mol. The van der Waals surface area contributed by atoms with Crippen LogP contribution in [0.2, 0.25) is 5.15 Å². The summed E-state index contributed by atoms with van der Waals surface area (Å²) in [5.41, 5.74) is 1.46. The number of anilines is 1. The Kier molecular flexibility index (Phi) is 4.76. The van der Waals surface area contributed by atoms with Crippen LogP contribution in [0.15, 0.2) is 36.4 Å². The van der Waals surface area contributed by atoms with E-state index in [2.05, 4.69) is 14.7 Å². The van der Waals surface area contributed by atoms with Crippen LogP contribution in [-0.2, 0) is 16.8 Å². The molecule has 8 heteroatoms. The van der Waals surface area contributed by atoms with Crippen LogP contribution in [0.4, 0.5) is 5.95 Å². The van der Waals surface area contributed by atoms with Gasteiger partial charge in [-0.25, -0.2) is 14.7 Å². The Bertz CT molecular complexity index is 702. The second-order valence-corrected chi connectivity index (χ2v) is 6.67. The van der Waals surface area contributed by atoms with Crippen molar-refractivity contribution in [1.29, 1.82) is 0 Å². The number of rotatable bonds is 5. The SMILES string of the molecule is Cc1cc(Cl)nc(NS(=O)(=O)N(C)Cc2ccccc2)n1. The fourth-order valence-electron chi connectivity index (χ4n) is 1.69. The van der Waals surface area contributed by atoms with Gasteiger partial charge in [0.05, 0.1) is 0 Å². The Hall–Kier alpha value is -1.70. The van der Waals surface area contributed by atoms with E-state index in [9.17, 15) is 8.42 Å². The van der Waals surface area contributed by atoms with E-state index in [0.29, 0.717) is 5.69 Å². The van der Waals surface area contributed by atoms with Gasteiger partial charge in [-0.15, -0.1) is 0 Å². The molecule has 1 heterocycles. The smallest absolute Gasteiger partial charge is 0.238 e. The topological polar surface area (TPSA) is 75.2 Å². The Labute approximate surface area is 129 Å². The van der Waals surface area contributed by atoms with Crippen molar-refractivity contribution in [2.24, 2.45) is 0 Å². The van der Waals surface area contributed by atoms with Gasteiger partial charge in [0.1, 0.15) is 5.15 Å². The van der Waals surface area contributed by atoms with Gasteiger partial charge in [-0.1, -0.05) is 41.9 Å². The van der Waals surface area contributed by atoms with Gasteiger partial charge in [-0.2, -0.15) is 12.7 Å². The van der Waals surface area contributed by atoms with E-state index >= 15 is 0 Å². The minimum absolute atomic E-state index is 0.0417. The highest BCUT2D eigenvalue weighted by molar-refractivity contribution is 7.90. The first kappa shape index (κ1) is 15.7. The molecular formula is C13H15ClN4O2S. The van der Waals surface area contributed by atoms with Crippen LogP contribution in [0, 0.1) is 6.92 Å². The van der Waals surface area contributed by atoms with Crippen LogP contribution in [-0.4, -0.2) is 29.7 Å². The van der Waals surface area contributed by atoms with Gasteiger partial charge in [0.15, 0.2) is 0 Å².